The van der Waals surface area contributed by atoms with E-state index in [4.69, 9.17) is 16.3 Å². The number of amides is 1. The third kappa shape index (κ3) is 1.92. The molecular formula is C11H12ClNO2. The number of carbonyl (C=O) groups is 1. The monoisotopic (exact) mass is 225 g/mol. The summed E-state index contributed by atoms with van der Waals surface area (Å²) in [4.78, 5) is 13.5. The van der Waals surface area contributed by atoms with E-state index in [0.29, 0.717) is 13.2 Å². The van der Waals surface area contributed by atoms with Gasteiger partial charge in [0.05, 0.1) is 12.2 Å². The first-order valence-electron chi connectivity index (χ1n) is 4.87. The number of alkyl halides is 1. The summed E-state index contributed by atoms with van der Waals surface area (Å²) in [7, 11) is 0. The van der Waals surface area contributed by atoms with Crippen molar-refractivity contribution in [2.75, 3.05) is 18.1 Å². The fraction of sp³-hybridized carbons (Fsp3) is 0.364. The lowest BCUT2D eigenvalue weighted by Crippen LogP contribution is -2.41. The van der Waals surface area contributed by atoms with Gasteiger partial charge in [-0.3, -0.25) is 4.79 Å². The molecule has 0 spiro atoms. The number of carbonyl (C=O) groups excluding carboxylic acids is 1. The van der Waals surface area contributed by atoms with Crippen molar-refractivity contribution < 1.29 is 9.53 Å². The van der Waals surface area contributed by atoms with Crippen molar-refractivity contribution in [2.45, 2.75) is 12.3 Å². The maximum Gasteiger partial charge on any atom is 0.244 e. The lowest BCUT2D eigenvalue weighted by Gasteiger charge is -2.30. The quantitative estimate of drug-likeness (QED) is 0.685. The molecule has 0 bridgehead atoms. The number of hydrogen-bond donors (Lipinski definition) is 0. The van der Waals surface area contributed by atoms with Gasteiger partial charge in [-0.1, -0.05) is 12.1 Å². The van der Waals surface area contributed by atoms with Gasteiger partial charge in [0.25, 0.3) is 0 Å². The Bertz CT molecular complexity index is 379. The van der Waals surface area contributed by atoms with Crippen molar-refractivity contribution in [1.82, 2.24) is 0 Å². The average molecular weight is 226 g/mol. The molecule has 1 unspecified atom stereocenters. The van der Waals surface area contributed by atoms with Gasteiger partial charge in [-0.15, -0.1) is 11.6 Å². The molecule has 1 aromatic carbocycles. The Balaban J connectivity index is 2.34. The van der Waals surface area contributed by atoms with Crippen LogP contribution in [-0.4, -0.2) is 24.4 Å². The molecule has 1 atom stereocenters. The minimum Gasteiger partial charge on any atom is -0.490 e. The number of ether oxygens (including phenoxy) is 1. The predicted octanol–water partition coefficient (Wildman–Crippen LogP) is 2.04. The first-order chi connectivity index (χ1) is 7.20. The Labute approximate surface area is 93.6 Å². The molecule has 0 saturated carbocycles. The van der Waals surface area contributed by atoms with Crippen molar-refractivity contribution in [2.24, 2.45) is 0 Å². The minimum absolute atomic E-state index is 0.0765. The van der Waals surface area contributed by atoms with E-state index in [2.05, 4.69) is 0 Å². The van der Waals surface area contributed by atoms with Crippen molar-refractivity contribution in [3.05, 3.63) is 24.3 Å². The highest BCUT2D eigenvalue weighted by molar-refractivity contribution is 6.32. The van der Waals surface area contributed by atoms with E-state index in [0.717, 1.165) is 11.4 Å². The van der Waals surface area contributed by atoms with E-state index >= 15 is 0 Å². The summed E-state index contributed by atoms with van der Waals surface area (Å²) in [5.41, 5.74) is 0.807. The zero-order valence-corrected chi connectivity index (χ0v) is 9.20. The van der Waals surface area contributed by atoms with Gasteiger partial charge in [0.2, 0.25) is 5.91 Å². The molecule has 0 aliphatic carbocycles. The van der Waals surface area contributed by atoms with E-state index < -0.39 is 5.38 Å². The van der Waals surface area contributed by atoms with Crippen LogP contribution < -0.4 is 9.64 Å². The van der Waals surface area contributed by atoms with Crippen LogP contribution in [0.2, 0.25) is 0 Å². The number of hydrogen-bond acceptors (Lipinski definition) is 2. The molecule has 0 aromatic heterocycles. The first-order valence-corrected chi connectivity index (χ1v) is 5.31. The van der Waals surface area contributed by atoms with Crippen LogP contribution in [0.15, 0.2) is 24.3 Å². The summed E-state index contributed by atoms with van der Waals surface area (Å²) in [5, 5.41) is -0.504. The third-order valence-corrected chi connectivity index (χ3v) is 2.52. The van der Waals surface area contributed by atoms with Crippen molar-refractivity contribution in [3.63, 3.8) is 0 Å². The van der Waals surface area contributed by atoms with Gasteiger partial charge >= 0.3 is 0 Å². The molecular weight excluding hydrogens is 214 g/mol. The number of anilines is 1. The zero-order valence-electron chi connectivity index (χ0n) is 8.44. The van der Waals surface area contributed by atoms with E-state index in [1.807, 2.05) is 24.3 Å². The molecule has 3 nitrogen and oxygen atoms in total. The second kappa shape index (κ2) is 4.11. The topological polar surface area (TPSA) is 29.5 Å². The number of fused-ring (bicyclic) bond motifs is 1. The van der Waals surface area contributed by atoms with Crippen LogP contribution in [0.1, 0.15) is 6.92 Å². The SMILES string of the molecule is CC(Cl)C(=O)N1CCOc2ccccc21. The van der Waals surface area contributed by atoms with Crippen molar-refractivity contribution in [1.29, 1.82) is 0 Å². The highest BCUT2D eigenvalue weighted by Gasteiger charge is 2.25. The largest absolute Gasteiger partial charge is 0.490 e. The number of nitrogens with zero attached hydrogens (tertiary/aromatic N) is 1. The summed E-state index contributed by atoms with van der Waals surface area (Å²) in [6.07, 6.45) is 0. The Morgan fingerprint density at radius 1 is 1.53 bits per heavy atom. The Morgan fingerprint density at radius 3 is 3.00 bits per heavy atom. The molecule has 0 fully saturated rings. The first kappa shape index (κ1) is 10.3. The van der Waals surface area contributed by atoms with Crippen LogP contribution in [0, 0.1) is 0 Å². The van der Waals surface area contributed by atoms with Gasteiger partial charge in [0, 0.05) is 0 Å². The van der Waals surface area contributed by atoms with Gasteiger partial charge in [-0.25, -0.2) is 0 Å². The lowest BCUT2D eigenvalue weighted by molar-refractivity contribution is -0.118. The van der Waals surface area contributed by atoms with Gasteiger partial charge in [-0.2, -0.15) is 0 Å². The molecule has 0 radical (unpaired) electrons. The maximum atomic E-state index is 11.8. The van der Waals surface area contributed by atoms with Crippen molar-refractivity contribution in [3.8, 4) is 5.75 Å². The Hall–Kier alpha value is -1.22. The standard InChI is InChI=1S/C11H12ClNO2/c1-8(12)11(14)13-6-7-15-10-5-3-2-4-9(10)13/h2-5,8H,6-7H2,1H3. The fourth-order valence-corrected chi connectivity index (χ4v) is 1.73. The summed E-state index contributed by atoms with van der Waals surface area (Å²) in [6, 6.07) is 7.49. The van der Waals surface area contributed by atoms with E-state index in [9.17, 15) is 4.79 Å². The van der Waals surface area contributed by atoms with Gasteiger partial charge in [-0.05, 0) is 19.1 Å². The zero-order chi connectivity index (χ0) is 10.8. The van der Waals surface area contributed by atoms with Crippen molar-refractivity contribution >= 4 is 23.2 Å². The molecule has 15 heavy (non-hydrogen) atoms. The third-order valence-electron chi connectivity index (χ3n) is 2.33. The molecule has 1 amide bonds. The summed E-state index contributed by atoms with van der Waals surface area (Å²) in [5.74, 6) is 0.668. The molecule has 1 heterocycles. The van der Waals surface area contributed by atoms with Crippen LogP contribution in [0.25, 0.3) is 0 Å². The van der Waals surface area contributed by atoms with E-state index in [1.165, 1.54) is 0 Å². The molecule has 80 valence electrons. The molecule has 0 saturated heterocycles. The second-order valence-corrected chi connectivity index (χ2v) is 4.08. The van der Waals surface area contributed by atoms with E-state index in [-0.39, 0.29) is 5.91 Å². The van der Waals surface area contributed by atoms with Crippen LogP contribution in [0.3, 0.4) is 0 Å². The molecule has 0 N–H and O–H groups in total. The van der Waals surface area contributed by atoms with Crippen LogP contribution in [0.5, 0.6) is 5.75 Å². The number of para-hydroxylation sites is 2. The van der Waals surface area contributed by atoms with Crippen LogP contribution >= 0.6 is 11.6 Å². The number of rotatable bonds is 1. The van der Waals surface area contributed by atoms with Crippen LogP contribution in [0.4, 0.5) is 5.69 Å². The minimum atomic E-state index is -0.504. The smallest absolute Gasteiger partial charge is 0.244 e. The predicted molar refractivity (Wildman–Crippen MR) is 59.6 cm³/mol. The highest BCUT2D eigenvalue weighted by Crippen LogP contribution is 2.31. The molecule has 1 aliphatic heterocycles. The summed E-state index contributed by atoms with van der Waals surface area (Å²) < 4.78 is 5.45. The van der Waals surface area contributed by atoms with Crippen LogP contribution in [-0.2, 0) is 4.79 Å². The second-order valence-electron chi connectivity index (χ2n) is 3.42. The Morgan fingerprint density at radius 2 is 2.27 bits per heavy atom. The average Bonchev–Trinajstić information content (AvgIpc) is 2.27. The normalized spacial score (nSPS) is 16.5. The van der Waals surface area contributed by atoms with Gasteiger partial charge in [0.15, 0.2) is 0 Å². The highest BCUT2D eigenvalue weighted by atomic mass is 35.5. The number of halogens is 1. The summed E-state index contributed by atoms with van der Waals surface area (Å²) in [6.45, 7) is 2.77. The van der Waals surface area contributed by atoms with E-state index in [1.54, 1.807) is 11.8 Å². The lowest BCUT2D eigenvalue weighted by atomic mass is 10.2. The molecule has 1 aromatic rings. The fourth-order valence-electron chi connectivity index (χ4n) is 1.61. The molecule has 4 heteroatoms. The Kier molecular flexibility index (Phi) is 2.82. The maximum absolute atomic E-state index is 11.8. The number of benzene rings is 1. The van der Waals surface area contributed by atoms with Gasteiger partial charge < -0.3 is 9.64 Å². The summed E-state index contributed by atoms with van der Waals surface area (Å²) >= 11 is 5.80. The molecule has 1 aliphatic rings. The van der Waals surface area contributed by atoms with Gasteiger partial charge in [0.1, 0.15) is 17.7 Å². The molecule has 2 rings (SSSR count).